The minimum absolute atomic E-state index is 0.0579. The van der Waals surface area contributed by atoms with Crippen LogP contribution in [0.4, 0.5) is 0 Å². The Hall–Kier alpha value is -0.570. The molecule has 0 aromatic heterocycles. The minimum atomic E-state index is 0.0579. The second-order valence-corrected chi connectivity index (χ2v) is 6.04. The van der Waals surface area contributed by atoms with E-state index in [1.165, 1.54) is 0 Å². The third-order valence-corrected chi connectivity index (χ3v) is 3.18. The van der Waals surface area contributed by atoms with Crippen molar-refractivity contribution in [3.8, 4) is 0 Å². The maximum absolute atomic E-state index is 12.3. The lowest BCUT2D eigenvalue weighted by atomic mass is 10.1. The molecule has 1 saturated heterocycles. The predicted molar refractivity (Wildman–Crippen MR) is 71.6 cm³/mol. The van der Waals surface area contributed by atoms with Crippen LogP contribution in [0.5, 0.6) is 0 Å². The highest BCUT2D eigenvalue weighted by Gasteiger charge is 2.38. The smallest absolute Gasteiger partial charge is 0.241 e. The normalized spacial score (nSPS) is 25.4. The van der Waals surface area contributed by atoms with Crippen LogP contribution in [-0.4, -0.2) is 29.6 Å². The topological polar surface area (TPSA) is 32.3 Å². The molecule has 0 saturated carbocycles. The van der Waals surface area contributed by atoms with Gasteiger partial charge in [-0.1, -0.05) is 41.0 Å². The zero-order chi connectivity index (χ0) is 13.0. The van der Waals surface area contributed by atoms with E-state index in [4.69, 9.17) is 0 Å². The third-order valence-electron chi connectivity index (χ3n) is 3.18. The number of rotatable bonds is 6. The van der Waals surface area contributed by atoms with Crippen molar-refractivity contribution < 1.29 is 4.79 Å². The Bertz CT molecular complexity index is 251. The number of carbonyl (C=O) groups excluding carboxylic acids is 1. The number of hydrogen-bond acceptors (Lipinski definition) is 2. The van der Waals surface area contributed by atoms with Crippen LogP contribution in [0.2, 0.25) is 0 Å². The summed E-state index contributed by atoms with van der Waals surface area (Å²) in [6.45, 7) is 11.8. The fraction of sp³-hybridized carbons (Fsp3) is 0.929. The van der Waals surface area contributed by atoms with Gasteiger partial charge in [-0.05, 0) is 24.7 Å². The summed E-state index contributed by atoms with van der Waals surface area (Å²) in [6, 6.07) is 0.0579. The largest absolute Gasteiger partial charge is 0.326 e. The molecule has 17 heavy (non-hydrogen) atoms. The molecule has 100 valence electrons. The van der Waals surface area contributed by atoms with Gasteiger partial charge in [0.1, 0.15) is 0 Å². The van der Waals surface area contributed by atoms with E-state index < -0.39 is 0 Å². The maximum Gasteiger partial charge on any atom is 0.241 e. The van der Waals surface area contributed by atoms with Crippen LogP contribution in [-0.2, 0) is 4.79 Å². The van der Waals surface area contributed by atoms with Crippen LogP contribution in [0.3, 0.4) is 0 Å². The van der Waals surface area contributed by atoms with E-state index in [-0.39, 0.29) is 12.2 Å². The lowest BCUT2D eigenvalue weighted by molar-refractivity contribution is -0.130. The number of hydrogen-bond donors (Lipinski definition) is 1. The molecule has 1 aliphatic heterocycles. The first-order valence-electron chi connectivity index (χ1n) is 7.02. The van der Waals surface area contributed by atoms with Crippen LogP contribution in [0.25, 0.3) is 0 Å². The molecule has 0 aromatic rings. The molecule has 0 bridgehead atoms. The first-order valence-corrected chi connectivity index (χ1v) is 7.02. The summed E-state index contributed by atoms with van der Waals surface area (Å²) < 4.78 is 0. The molecule has 2 atom stereocenters. The van der Waals surface area contributed by atoms with Gasteiger partial charge in [0.05, 0.1) is 12.2 Å². The van der Waals surface area contributed by atoms with E-state index in [1.54, 1.807) is 0 Å². The van der Waals surface area contributed by atoms with Crippen molar-refractivity contribution in [1.29, 1.82) is 0 Å². The van der Waals surface area contributed by atoms with Gasteiger partial charge in [0.2, 0.25) is 5.91 Å². The fourth-order valence-electron chi connectivity index (χ4n) is 2.50. The number of nitrogens with one attached hydrogen (secondary N) is 1. The molecule has 3 heteroatoms. The Kier molecular flexibility index (Phi) is 5.44. The molecule has 1 N–H and O–H groups in total. The summed E-state index contributed by atoms with van der Waals surface area (Å²) >= 11 is 0. The number of carbonyl (C=O) groups is 1. The molecule has 1 amide bonds. The van der Waals surface area contributed by atoms with Crippen LogP contribution in [0, 0.1) is 11.8 Å². The molecular formula is C14H28N2O. The zero-order valence-corrected chi connectivity index (χ0v) is 12.0. The molecular weight excluding hydrogens is 212 g/mol. The second-order valence-electron chi connectivity index (χ2n) is 6.04. The molecule has 3 nitrogen and oxygen atoms in total. The highest BCUT2D eigenvalue weighted by molar-refractivity contribution is 5.84. The number of nitrogens with zero attached hydrogens (tertiary/aromatic N) is 1. The first-order chi connectivity index (χ1) is 7.95. The SMILES string of the molecule is CCCC1NC(CC(C)C)N(CC(C)C)C1=O. The molecule has 0 spiro atoms. The van der Waals surface area contributed by atoms with Gasteiger partial charge in [0.25, 0.3) is 0 Å². The molecule has 1 heterocycles. The number of amides is 1. The van der Waals surface area contributed by atoms with Gasteiger partial charge >= 0.3 is 0 Å². The van der Waals surface area contributed by atoms with Crippen molar-refractivity contribution in [2.75, 3.05) is 6.54 Å². The van der Waals surface area contributed by atoms with E-state index in [0.29, 0.717) is 17.7 Å². The van der Waals surface area contributed by atoms with Crippen molar-refractivity contribution in [2.45, 2.75) is 66.1 Å². The molecule has 1 rings (SSSR count). The van der Waals surface area contributed by atoms with E-state index >= 15 is 0 Å². The summed E-state index contributed by atoms with van der Waals surface area (Å²) in [7, 11) is 0. The van der Waals surface area contributed by atoms with Gasteiger partial charge in [-0.3, -0.25) is 10.1 Å². The standard InChI is InChI=1S/C14H28N2O/c1-6-7-12-14(17)16(9-11(4)5)13(15-12)8-10(2)3/h10-13,15H,6-9H2,1-5H3. The van der Waals surface area contributed by atoms with Crippen LogP contribution in [0.15, 0.2) is 0 Å². The minimum Gasteiger partial charge on any atom is -0.326 e. The highest BCUT2D eigenvalue weighted by Crippen LogP contribution is 2.21. The third kappa shape index (κ3) is 3.98. The Morgan fingerprint density at radius 2 is 1.88 bits per heavy atom. The van der Waals surface area contributed by atoms with Crippen molar-refractivity contribution in [3.05, 3.63) is 0 Å². The van der Waals surface area contributed by atoms with E-state index in [2.05, 4.69) is 44.8 Å². The lowest BCUT2D eigenvalue weighted by Crippen LogP contribution is -2.40. The zero-order valence-electron chi connectivity index (χ0n) is 12.0. The Balaban J connectivity index is 2.68. The van der Waals surface area contributed by atoms with Gasteiger partial charge in [0.15, 0.2) is 0 Å². The van der Waals surface area contributed by atoms with Gasteiger partial charge in [-0.25, -0.2) is 0 Å². The molecule has 0 aliphatic carbocycles. The molecule has 2 unspecified atom stereocenters. The lowest BCUT2D eigenvalue weighted by Gasteiger charge is -2.27. The predicted octanol–water partition coefficient (Wildman–Crippen LogP) is 2.62. The fourth-order valence-corrected chi connectivity index (χ4v) is 2.50. The Morgan fingerprint density at radius 3 is 2.35 bits per heavy atom. The van der Waals surface area contributed by atoms with E-state index in [0.717, 1.165) is 25.8 Å². The molecule has 0 aromatic carbocycles. The van der Waals surface area contributed by atoms with Gasteiger partial charge < -0.3 is 4.90 Å². The highest BCUT2D eigenvalue weighted by atomic mass is 16.2. The van der Waals surface area contributed by atoms with Crippen LogP contribution < -0.4 is 5.32 Å². The molecule has 1 aliphatic rings. The Morgan fingerprint density at radius 1 is 1.24 bits per heavy atom. The van der Waals surface area contributed by atoms with Gasteiger partial charge in [-0.15, -0.1) is 0 Å². The van der Waals surface area contributed by atoms with Crippen molar-refractivity contribution in [3.63, 3.8) is 0 Å². The molecule has 0 radical (unpaired) electrons. The summed E-state index contributed by atoms with van der Waals surface area (Å²) in [5.41, 5.74) is 0. The van der Waals surface area contributed by atoms with Crippen LogP contribution in [0.1, 0.15) is 53.9 Å². The second kappa shape index (κ2) is 6.39. The average Bonchev–Trinajstić information content (AvgIpc) is 2.46. The monoisotopic (exact) mass is 240 g/mol. The summed E-state index contributed by atoms with van der Waals surface area (Å²) in [5, 5.41) is 3.50. The first kappa shape index (κ1) is 14.5. The maximum atomic E-state index is 12.3. The summed E-state index contributed by atoms with van der Waals surface area (Å²) in [5.74, 6) is 1.47. The molecule has 1 fully saturated rings. The van der Waals surface area contributed by atoms with E-state index in [9.17, 15) is 4.79 Å². The van der Waals surface area contributed by atoms with Gasteiger partial charge in [-0.2, -0.15) is 0 Å². The van der Waals surface area contributed by atoms with Crippen molar-refractivity contribution in [1.82, 2.24) is 10.2 Å². The summed E-state index contributed by atoms with van der Waals surface area (Å²) in [4.78, 5) is 14.3. The van der Waals surface area contributed by atoms with Crippen molar-refractivity contribution in [2.24, 2.45) is 11.8 Å². The Labute approximate surface area is 106 Å². The van der Waals surface area contributed by atoms with E-state index in [1.807, 2.05) is 0 Å². The quantitative estimate of drug-likeness (QED) is 0.774. The van der Waals surface area contributed by atoms with Crippen LogP contribution >= 0.6 is 0 Å². The average molecular weight is 240 g/mol. The van der Waals surface area contributed by atoms with Gasteiger partial charge in [0, 0.05) is 6.54 Å². The summed E-state index contributed by atoms with van der Waals surface area (Å²) in [6.07, 6.45) is 3.33. The van der Waals surface area contributed by atoms with Crippen molar-refractivity contribution >= 4 is 5.91 Å².